The van der Waals surface area contributed by atoms with Gasteiger partial charge in [-0.15, -0.1) is 0 Å². The zero-order chi connectivity index (χ0) is 16.6. The number of aryl methyl sites for hydroxylation is 1. The van der Waals surface area contributed by atoms with Crippen LogP contribution in [0, 0.1) is 6.92 Å². The zero-order valence-corrected chi connectivity index (χ0v) is 13.7. The van der Waals surface area contributed by atoms with Crippen LogP contribution in [0.5, 0.6) is 5.75 Å². The molecule has 1 aromatic carbocycles. The van der Waals surface area contributed by atoms with E-state index in [1.807, 2.05) is 31.2 Å². The molecule has 0 unspecified atom stereocenters. The van der Waals surface area contributed by atoms with Gasteiger partial charge in [-0.1, -0.05) is 12.1 Å². The van der Waals surface area contributed by atoms with Crippen molar-refractivity contribution in [1.82, 2.24) is 15.2 Å². The topological polar surface area (TPSA) is 67.6 Å². The molecule has 0 saturated carbocycles. The molecular weight excluding hydrogens is 306 g/mol. The molecule has 2 aliphatic heterocycles. The Morgan fingerprint density at radius 2 is 2.08 bits per heavy atom. The number of fused-ring (bicyclic) bond motifs is 1. The van der Waals surface area contributed by atoms with E-state index in [-0.39, 0.29) is 11.5 Å². The number of hydrogen-bond donors (Lipinski definition) is 1. The second-order valence-electron chi connectivity index (χ2n) is 6.59. The summed E-state index contributed by atoms with van der Waals surface area (Å²) in [7, 11) is 0. The number of nitrogens with zero attached hydrogens (tertiary/aromatic N) is 2. The van der Waals surface area contributed by atoms with E-state index in [0.717, 1.165) is 38.2 Å². The molecule has 0 radical (unpaired) electrons. The molecule has 4 rings (SSSR count). The maximum Gasteiger partial charge on any atom is 0.255 e. The Hall–Kier alpha value is -2.34. The molecule has 6 heteroatoms. The largest absolute Gasteiger partial charge is 0.485 e. The number of likely N-dealkylation sites (tertiary alicyclic amines) is 1. The first kappa shape index (κ1) is 15.2. The third kappa shape index (κ3) is 2.89. The van der Waals surface area contributed by atoms with Crippen molar-refractivity contribution < 1.29 is 13.9 Å². The van der Waals surface area contributed by atoms with E-state index in [4.69, 9.17) is 9.15 Å². The SMILES string of the molecule is Cc1ncc(CN2CCC3(CC2)CNC(=O)c2ccccc2O3)o1. The highest BCUT2D eigenvalue weighted by atomic mass is 16.5. The molecule has 3 heterocycles. The number of ether oxygens (including phenoxy) is 1. The Labute approximate surface area is 140 Å². The normalized spacial score (nSPS) is 20.1. The van der Waals surface area contributed by atoms with E-state index in [1.165, 1.54) is 0 Å². The minimum absolute atomic E-state index is 0.0537. The molecule has 1 N–H and O–H groups in total. The van der Waals surface area contributed by atoms with Crippen LogP contribution in [0.25, 0.3) is 0 Å². The van der Waals surface area contributed by atoms with Gasteiger partial charge in [0, 0.05) is 32.9 Å². The Balaban J connectivity index is 1.45. The highest BCUT2D eigenvalue weighted by Gasteiger charge is 2.40. The fourth-order valence-corrected chi connectivity index (χ4v) is 3.45. The Morgan fingerprint density at radius 3 is 2.83 bits per heavy atom. The molecule has 1 spiro atoms. The van der Waals surface area contributed by atoms with Gasteiger partial charge in [-0.2, -0.15) is 0 Å². The lowest BCUT2D eigenvalue weighted by Crippen LogP contribution is -2.52. The van der Waals surface area contributed by atoms with Crippen LogP contribution in [-0.2, 0) is 6.54 Å². The predicted molar refractivity (Wildman–Crippen MR) is 87.9 cm³/mol. The maximum absolute atomic E-state index is 12.2. The number of para-hydroxylation sites is 1. The summed E-state index contributed by atoms with van der Waals surface area (Å²) in [6.45, 7) is 4.97. The number of carbonyl (C=O) groups is 1. The molecule has 1 fully saturated rings. The van der Waals surface area contributed by atoms with Gasteiger partial charge in [-0.05, 0) is 12.1 Å². The summed E-state index contributed by atoms with van der Waals surface area (Å²) in [4.78, 5) is 18.7. The smallest absolute Gasteiger partial charge is 0.255 e. The third-order valence-corrected chi connectivity index (χ3v) is 4.85. The molecule has 126 valence electrons. The molecule has 2 aromatic rings. The van der Waals surface area contributed by atoms with Crippen LogP contribution in [-0.4, -0.2) is 41.0 Å². The van der Waals surface area contributed by atoms with Gasteiger partial charge in [0.25, 0.3) is 5.91 Å². The average Bonchev–Trinajstić information content (AvgIpc) is 2.94. The predicted octanol–water partition coefficient (Wildman–Crippen LogP) is 2.14. The summed E-state index contributed by atoms with van der Waals surface area (Å²) in [6, 6.07) is 7.46. The quantitative estimate of drug-likeness (QED) is 0.915. The Bertz CT molecular complexity index is 747. The lowest BCUT2D eigenvalue weighted by atomic mass is 9.91. The summed E-state index contributed by atoms with van der Waals surface area (Å²) in [5.41, 5.74) is 0.296. The Kier molecular flexibility index (Phi) is 3.76. The highest BCUT2D eigenvalue weighted by Crippen LogP contribution is 2.33. The van der Waals surface area contributed by atoms with Crippen molar-refractivity contribution in [1.29, 1.82) is 0 Å². The van der Waals surface area contributed by atoms with Crippen molar-refractivity contribution in [3.05, 3.63) is 47.7 Å². The van der Waals surface area contributed by atoms with Crippen LogP contribution < -0.4 is 10.1 Å². The van der Waals surface area contributed by atoms with E-state index in [2.05, 4.69) is 15.2 Å². The molecule has 0 aliphatic carbocycles. The first-order chi connectivity index (χ1) is 11.6. The third-order valence-electron chi connectivity index (χ3n) is 4.85. The molecule has 2 aliphatic rings. The first-order valence-corrected chi connectivity index (χ1v) is 8.33. The number of carbonyl (C=O) groups excluding carboxylic acids is 1. The molecule has 1 saturated heterocycles. The van der Waals surface area contributed by atoms with Gasteiger partial charge in [-0.3, -0.25) is 9.69 Å². The number of hydrogen-bond acceptors (Lipinski definition) is 5. The lowest BCUT2D eigenvalue weighted by Gasteiger charge is -2.40. The number of piperidine rings is 1. The number of amides is 1. The van der Waals surface area contributed by atoms with Gasteiger partial charge in [-0.25, -0.2) is 4.98 Å². The van der Waals surface area contributed by atoms with Gasteiger partial charge in [0.1, 0.15) is 17.1 Å². The van der Waals surface area contributed by atoms with Crippen LogP contribution in [0.2, 0.25) is 0 Å². The summed E-state index contributed by atoms with van der Waals surface area (Å²) < 4.78 is 11.9. The highest BCUT2D eigenvalue weighted by molar-refractivity contribution is 5.97. The number of rotatable bonds is 2. The van der Waals surface area contributed by atoms with Crippen LogP contribution in [0.1, 0.15) is 34.9 Å². The van der Waals surface area contributed by atoms with E-state index in [1.54, 1.807) is 6.20 Å². The second kappa shape index (κ2) is 5.94. The minimum atomic E-state index is -0.323. The molecule has 0 bridgehead atoms. The van der Waals surface area contributed by atoms with E-state index < -0.39 is 0 Å². The van der Waals surface area contributed by atoms with Crippen LogP contribution in [0.3, 0.4) is 0 Å². The maximum atomic E-state index is 12.2. The second-order valence-corrected chi connectivity index (χ2v) is 6.59. The van der Waals surface area contributed by atoms with E-state index in [9.17, 15) is 4.79 Å². The Morgan fingerprint density at radius 1 is 1.29 bits per heavy atom. The number of oxazole rings is 1. The van der Waals surface area contributed by atoms with Gasteiger partial charge >= 0.3 is 0 Å². The van der Waals surface area contributed by atoms with Gasteiger partial charge in [0.05, 0.1) is 24.8 Å². The number of benzene rings is 1. The fourth-order valence-electron chi connectivity index (χ4n) is 3.45. The van der Waals surface area contributed by atoms with Gasteiger partial charge in [0.15, 0.2) is 5.89 Å². The molecule has 1 aromatic heterocycles. The van der Waals surface area contributed by atoms with E-state index in [0.29, 0.717) is 23.7 Å². The average molecular weight is 327 g/mol. The van der Waals surface area contributed by atoms with Crippen molar-refractivity contribution in [2.45, 2.75) is 31.9 Å². The summed E-state index contributed by atoms with van der Waals surface area (Å²) in [6.07, 6.45) is 3.53. The van der Waals surface area contributed by atoms with Crippen molar-refractivity contribution in [3.8, 4) is 5.75 Å². The van der Waals surface area contributed by atoms with Crippen molar-refractivity contribution in [3.63, 3.8) is 0 Å². The summed E-state index contributed by atoms with van der Waals surface area (Å²) >= 11 is 0. The molecule has 24 heavy (non-hydrogen) atoms. The lowest BCUT2D eigenvalue weighted by molar-refractivity contribution is 0.00237. The van der Waals surface area contributed by atoms with Gasteiger partial charge < -0.3 is 14.5 Å². The van der Waals surface area contributed by atoms with Crippen LogP contribution in [0.15, 0.2) is 34.9 Å². The van der Waals surface area contributed by atoms with Gasteiger partial charge in [0.2, 0.25) is 0 Å². The fraction of sp³-hybridized carbons (Fsp3) is 0.444. The minimum Gasteiger partial charge on any atom is -0.485 e. The standard InChI is InChI=1S/C18H21N3O3/c1-13-19-10-14(23-13)11-21-8-6-18(7-9-21)12-20-17(22)15-4-2-3-5-16(15)24-18/h2-5,10H,6-9,11-12H2,1H3,(H,20,22). The number of aromatic nitrogens is 1. The molecule has 1 amide bonds. The molecular formula is C18H21N3O3. The monoisotopic (exact) mass is 327 g/mol. The van der Waals surface area contributed by atoms with Crippen LogP contribution >= 0.6 is 0 Å². The molecule has 0 atom stereocenters. The first-order valence-electron chi connectivity index (χ1n) is 8.33. The number of nitrogens with one attached hydrogen (secondary N) is 1. The van der Waals surface area contributed by atoms with Crippen molar-refractivity contribution in [2.24, 2.45) is 0 Å². The van der Waals surface area contributed by atoms with Crippen LogP contribution in [0.4, 0.5) is 0 Å². The summed E-state index contributed by atoms with van der Waals surface area (Å²) in [5, 5.41) is 3.02. The van der Waals surface area contributed by atoms with Crippen molar-refractivity contribution >= 4 is 5.91 Å². The zero-order valence-electron chi connectivity index (χ0n) is 13.7. The summed E-state index contributed by atoms with van der Waals surface area (Å²) in [5.74, 6) is 2.22. The van der Waals surface area contributed by atoms with E-state index >= 15 is 0 Å². The van der Waals surface area contributed by atoms with Crippen molar-refractivity contribution in [2.75, 3.05) is 19.6 Å². The molecule has 6 nitrogen and oxygen atoms in total.